The fourth-order valence-electron chi connectivity index (χ4n) is 2.13. The van der Waals surface area contributed by atoms with Gasteiger partial charge in [0.05, 0.1) is 18.1 Å². The van der Waals surface area contributed by atoms with E-state index >= 15 is 0 Å². The summed E-state index contributed by atoms with van der Waals surface area (Å²) >= 11 is 3.47. The van der Waals surface area contributed by atoms with Gasteiger partial charge in [0.25, 0.3) is 0 Å². The largest absolute Gasteiger partial charge is 0.493 e. The van der Waals surface area contributed by atoms with E-state index in [1.807, 2.05) is 24.0 Å². The number of hydrogen-bond acceptors (Lipinski definition) is 4. The minimum absolute atomic E-state index is 0.0164. The summed E-state index contributed by atoms with van der Waals surface area (Å²) in [6.45, 7) is 7.31. The minimum Gasteiger partial charge on any atom is -0.493 e. The normalized spacial score (nSPS) is 10.5. The van der Waals surface area contributed by atoms with Crippen LogP contribution in [0.25, 0.3) is 0 Å². The van der Waals surface area contributed by atoms with Crippen LogP contribution in [0.4, 0.5) is 0 Å². The van der Waals surface area contributed by atoms with Crippen LogP contribution in [0.3, 0.4) is 0 Å². The van der Waals surface area contributed by atoms with Crippen LogP contribution in [0.2, 0.25) is 0 Å². The Labute approximate surface area is 139 Å². The highest BCUT2D eigenvalue weighted by molar-refractivity contribution is 9.10. The zero-order chi connectivity index (χ0) is 16.5. The smallest absolute Gasteiger partial charge is 0.317 e. The van der Waals surface area contributed by atoms with E-state index in [-0.39, 0.29) is 6.54 Å². The molecule has 0 bridgehead atoms. The van der Waals surface area contributed by atoms with Crippen molar-refractivity contribution in [2.45, 2.75) is 19.9 Å². The zero-order valence-electron chi connectivity index (χ0n) is 13.0. The SMILES string of the molecule is C=CCOc1c(Br)cc(CN(CCC)CC(=O)O)cc1OC. The van der Waals surface area contributed by atoms with Crippen molar-refractivity contribution in [2.24, 2.45) is 0 Å². The molecular formula is C16H22BrNO4. The lowest BCUT2D eigenvalue weighted by Gasteiger charge is -2.21. The van der Waals surface area contributed by atoms with Crippen LogP contribution in [0, 0.1) is 0 Å². The van der Waals surface area contributed by atoms with E-state index in [1.54, 1.807) is 13.2 Å². The van der Waals surface area contributed by atoms with Gasteiger partial charge in [0.15, 0.2) is 11.5 Å². The van der Waals surface area contributed by atoms with Crippen LogP contribution in [0.5, 0.6) is 11.5 Å². The molecule has 0 aliphatic carbocycles. The van der Waals surface area contributed by atoms with Crippen molar-refractivity contribution in [3.8, 4) is 11.5 Å². The van der Waals surface area contributed by atoms with Gasteiger partial charge in [0.1, 0.15) is 6.61 Å². The fourth-order valence-corrected chi connectivity index (χ4v) is 2.73. The first-order chi connectivity index (χ1) is 10.5. The first kappa shape index (κ1) is 18.5. The summed E-state index contributed by atoms with van der Waals surface area (Å²) in [5.41, 5.74) is 0.962. The van der Waals surface area contributed by atoms with Crippen LogP contribution in [0.15, 0.2) is 29.3 Å². The third-order valence-corrected chi connectivity index (χ3v) is 3.53. The Kier molecular flexibility index (Phi) is 7.98. The van der Waals surface area contributed by atoms with Gasteiger partial charge < -0.3 is 14.6 Å². The van der Waals surface area contributed by atoms with Gasteiger partial charge in [-0.05, 0) is 46.6 Å². The maximum atomic E-state index is 10.9. The summed E-state index contributed by atoms with van der Waals surface area (Å²) in [5, 5.41) is 8.98. The average Bonchev–Trinajstić information content (AvgIpc) is 2.45. The predicted molar refractivity (Wildman–Crippen MR) is 89.6 cm³/mol. The number of halogens is 1. The molecule has 1 rings (SSSR count). The van der Waals surface area contributed by atoms with Crippen LogP contribution in [-0.4, -0.2) is 42.8 Å². The quantitative estimate of drug-likeness (QED) is 0.639. The summed E-state index contributed by atoms with van der Waals surface area (Å²) in [4.78, 5) is 12.8. The highest BCUT2D eigenvalue weighted by atomic mass is 79.9. The summed E-state index contributed by atoms with van der Waals surface area (Å²) < 4.78 is 11.7. The van der Waals surface area contributed by atoms with Gasteiger partial charge in [0.2, 0.25) is 0 Å². The topological polar surface area (TPSA) is 59.0 Å². The molecule has 1 aromatic rings. The molecule has 1 N–H and O–H groups in total. The number of ether oxygens (including phenoxy) is 2. The summed E-state index contributed by atoms with van der Waals surface area (Å²) in [7, 11) is 1.58. The van der Waals surface area contributed by atoms with Gasteiger partial charge in [-0.2, -0.15) is 0 Å². The Morgan fingerprint density at radius 3 is 2.77 bits per heavy atom. The van der Waals surface area contributed by atoms with Crippen molar-refractivity contribution in [1.82, 2.24) is 4.90 Å². The Morgan fingerprint density at radius 1 is 1.50 bits per heavy atom. The molecule has 0 spiro atoms. The second-order valence-electron chi connectivity index (χ2n) is 4.81. The highest BCUT2D eigenvalue weighted by Gasteiger charge is 2.15. The number of carboxylic acid groups (broad SMARTS) is 1. The van der Waals surface area contributed by atoms with Crippen LogP contribution < -0.4 is 9.47 Å². The maximum absolute atomic E-state index is 10.9. The maximum Gasteiger partial charge on any atom is 0.317 e. The Hall–Kier alpha value is -1.53. The van der Waals surface area contributed by atoms with Crippen molar-refractivity contribution < 1.29 is 19.4 Å². The summed E-state index contributed by atoms with van der Waals surface area (Å²) in [6.07, 6.45) is 2.56. The van der Waals surface area contributed by atoms with Gasteiger partial charge in [-0.1, -0.05) is 19.6 Å². The molecule has 22 heavy (non-hydrogen) atoms. The first-order valence-electron chi connectivity index (χ1n) is 7.06. The third-order valence-electron chi connectivity index (χ3n) is 2.94. The Morgan fingerprint density at radius 2 is 2.23 bits per heavy atom. The number of benzene rings is 1. The summed E-state index contributed by atoms with van der Waals surface area (Å²) in [5.74, 6) is 0.398. The van der Waals surface area contributed by atoms with Crippen LogP contribution in [-0.2, 0) is 11.3 Å². The lowest BCUT2D eigenvalue weighted by Crippen LogP contribution is -2.30. The van der Waals surface area contributed by atoms with Gasteiger partial charge in [0, 0.05) is 6.54 Å². The zero-order valence-corrected chi connectivity index (χ0v) is 14.6. The van der Waals surface area contributed by atoms with E-state index in [1.165, 1.54) is 0 Å². The van der Waals surface area contributed by atoms with E-state index in [9.17, 15) is 4.79 Å². The number of carbonyl (C=O) groups is 1. The molecule has 0 aliphatic heterocycles. The lowest BCUT2D eigenvalue weighted by atomic mass is 10.2. The number of hydrogen-bond donors (Lipinski definition) is 1. The molecule has 0 amide bonds. The molecule has 1 aromatic carbocycles. The molecule has 6 heteroatoms. The Bertz CT molecular complexity index is 519. The molecule has 0 aromatic heterocycles. The van der Waals surface area contributed by atoms with Gasteiger partial charge in [-0.3, -0.25) is 9.69 Å². The molecule has 0 saturated carbocycles. The van der Waals surface area contributed by atoms with Crippen molar-refractivity contribution in [1.29, 1.82) is 0 Å². The van der Waals surface area contributed by atoms with Gasteiger partial charge in [-0.15, -0.1) is 0 Å². The van der Waals surface area contributed by atoms with E-state index < -0.39 is 5.97 Å². The number of aliphatic carboxylic acids is 1. The molecule has 0 unspecified atom stereocenters. The third kappa shape index (κ3) is 5.69. The fraction of sp³-hybridized carbons (Fsp3) is 0.438. The van der Waals surface area contributed by atoms with E-state index in [2.05, 4.69) is 22.5 Å². The van der Waals surface area contributed by atoms with Gasteiger partial charge >= 0.3 is 5.97 Å². The average molecular weight is 372 g/mol. The standard InChI is InChI=1S/C16H22BrNO4/c1-4-6-18(11-15(19)20)10-12-8-13(17)16(22-7-5-2)14(9-12)21-3/h5,8-9H,2,4,6-7,10-11H2,1,3H3,(H,19,20). The van der Waals surface area contributed by atoms with Crippen LogP contribution in [0.1, 0.15) is 18.9 Å². The molecule has 0 radical (unpaired) electrons. The molecule has 0 atom stereocenters. The molecular weight excluding hydrogens is 350 g/mol. The monoisotopic (exact) mass is 371 g/mol. The number of rotatable bonds is 10. The van der Waals surface area contributed by atoms with E-state index in [4.69, 9.17) is 14.6 Å². The van der Waals surface area contributed by atoms with Gasteiger partial charge in [-0.25, -0.2) is 0 Å². The van der Waals surface area contributed by atoms with Crippen LogP contribution >= 0.6 is 15.9 Å². The number of nitrogens with zero attached hydrogens (tertiary/aromatic N) is 1. The molecule has 0 fully saturated rings. The van der Waals surface area contributed by atoms with Crippen molar-refractivity contribution in [2.75, 3.05) is 26.8 Å². The molecule has 5 nitrogen and oxygen atoms in total. The molecule has 122 valence electrons. The van der Waals surface area contributed by atoms with Crippen molar-refractivity contribution in [3.05, 3.63) is 34.8 Å². The molecule has 0 saturated heterocycles. The second-order valence-corrected chi connectivity index (χ2v) is 5.67. The lowest BCUT2D eigenvalue weighted by molar-refractivity contribution is -0.138. The highest BCUT2D eigenvalue weighted by Crippen LogP contribution is 2.37. The minimum atomic E-state index is -0.828. The molecule has 0 aliphatic rings. The van der Waals surface area contributed by atoms with E-state index in [0.29, 0.717) is 24.7 Å². The molecule has 0 heterocycles. The predicted octanol–water partition coefficient (Wildman–Crippen LogP) is 3.32. The Balaban J connectivity index is 2.96. The van der Waals surface area contributed by atoms with E-state index in [0.717, 1.165) is 23.0 Å². The number of carboxylic acids is 1. The van der Waals surface area contributed by atoms with Crippen molar-refractivity contribution in [3.63, 3.8) is 0 Å². The number of methoxy groups -OCH3 is 1. The second kappa shape index (κ2) is 9.48. The summed E-state index contributed by atoms with van der Waals surface area (Å²) in [6, 6.07) is 3.79. The van der Waals surface area contributed by atoms with Crippen molar-refractivity contribution >= 4 is 21.9 Å². The first-order valence-corrected chi connectivity index (χ1v) is 7.85.